The highest BCUT2D eigenvalue weighted by Crippen LogP contribution is 2.50. The lowest BCUT2D eigenvalue weighted by Crippen LogP contribution is -2.43. The Morgan fingerprint density at radius 3 is 2.31 bits per heavy atom. The summed E-state index contributed by atoms with van der Waals surface area (Å²) in [6, 6.07) is 5.37. The zero-order valence-corrected chi connectivity index (χ0v) is 21.8. The van der Waals surface area contributed by atoms with E-state index in [0.29, 0.717) is 40.4 Å². The number of rotatable bonds is 10. The smallest absolute Gasteiger partial charge is 0.471 e. The van der Waals surface area contributed by atoms with E-state index >= 15 is 0 Å². The highest BCUT2D eigenvalue weighted by atomic mass is 19.4. The molecule has 0 aromatic heterocycles. The van der Waals surface area contributed by atoms with Crippen molar-refractivity contribution in [2.24, 2.45) is 0 Å². The first-order valence-corrected chi connectivity index (χ1v) is 11.8. The number of ether oxygens (including phenoxy) is 5. The normalized spacial score (nSPS) is 14.3. The molecule has 0 fully saturated rings. The maximum Gasteiger partial charge on any atom is 0.471 e. The Balaban J connectivity index is 2.16. The van der Waals surface area contributed by atoms with Gasteiger partial charge in [0.2, 0.25) is 17.1 Å². The molecule has 39 heavy (non-hydrogen) atoms. The van der Waals surface area contributed by atoms with Crippen molar-refractivity contribution in [3.05, 3.63) is 45.6 Å². The van der Waals surface area contributed by atoms with Crippen LogP contribution in [0.15, 0.2) is 29.1 Å². The fraction of sp³-hybridized carbons (Fsp3) is 0.423. The molecule has 0 saturated carbocycles. The molecule has 0 heterocycles. The predicted octanol–water partition coefficient (Wildman–Crippen LogP) is 2.55. The molecule has 1 aliphatic carbocycles. The van der Waals surface area contributed by atoms with E-state index in [9.17, 15) is 27.6 Å². The molecule has 2 aromatic rings. The number of carbonyl (C=O) groups excluding carboxylic acids is 2. The Labute approximate surface area is 222 Å². The molecule has 0 bridgehead atoms. The third-order valence-electron chi connectivity index (χ3n) is 6.05. The van der Waals surface area contributed by atoms with Crippen molar-refractivity contribution in [2.75, 3.05) is 48.2 Å². The van der Waals surface area contributed by atoms with Gasteiger partial charge in [0.05, 0.1) is 40.5 Å². The Morgan fingerprint density at radius 1 is 0.974 bits per heavy atom. The van der Waals surface area contributed by atoms with Gasteiger partial charge < -0.3 is 34.3 Å². The molecular weight excluding hydrogens is 525 g/mol. The molecule has 2 aromatic carbocycles. The summed E-state index contributed by atoms with van der Waals surface area (Å²) in [4.78, 5) is 36.7. The van der Waals surface area contributed by atoms with Gasteiger partial charge in [-0.25, -0.2) is 0 Å². The number of alkyl halides is 3. The van der Waals surface area contributed by atoms with E-state index < -0.39 is 36.0 Å². The van der Waals surface area contributed by atoms with E-state index in [1.54, 1.807) is 17.4 Å². The number of halogens is 3. The summed E-state index contributed by atoms with van der Waals surface area (Å²) in [5, 5.41) is 4.19. The maximum absolute atomic E-state index is 12.9. The van der Waals surface area contributed by atoms with Crippen molar-refractivity contribution in [1.29, 1.82) is 0 Å². The Hall–Kier alpha value is -4.00. The fourth-order valence-corrected chi connectivity index (χ4v) is 4.29. The van der Waals surface area contributed by atoms with Crippen molar-refractivity contribution in [3.8, 4) is 34.1 Å². The number of nitrogens with one attached hydrogen (secondary N) is 2. The van der Waals surface area contributed by atoms with E-state index in [-0.39, 0.29) is 25.4 Å². The minimum atomic E-state index is -5.13. The number of amides is 2. The monoisotopic (exact) mass is 554 g/mol. The summed E-state index contributed by atoms with van der Waals surface area (Å²) in [7, 11) is 5.79. The number of carbonyl (C=O) groups is 2. The van der Waals surface area contributed by atoms with Crippen LogP contribution in [0.1, 0.15) is 23.6 Å². The van der Waals surface area contributed by atoms with Crippen molar-refractivity contribution in [3.63, 3.8) is 0 Å². The number of hydrogen-bond donors (Lipinski definition) is 2. The van der Waals surface area contributed by atoms with Crippen LogP contribution in [0.2, 0.25) is 0 Å². The fourth-order valence-electron chi connectivity index (χ4n) is 4.29. The Bertz CT molecular complexity index is 1280. The van der Waals surface area contributed by atoms with Crippen molar-refractivity contribution < 1.29 is 46.4 Å². The molecule has 1 aliphatic rings. The first-order valence-electron chi connectivity index (χ1n) is 11.8. The van der Waals surface area contributed by atoms with Gasteiger partial charge in [0.15, 0.2) is 17.2 Å². The van der Waals surface area contributed by atoms with Crippen LogP contribution in [0, 0.1) is 0 Å². The zero-order chi connectivity index (χ0) is 28.7. The molecule has 2 N–H and O–H groups in total. The van der Waals surface area contributed by atoms with Gasteiger partial charge in [0.25, 0.3) is 0 Å². The van der Waals surface area contributed by atoms with Crippen LogP contribution in [0.3, 0.4) is 0 Å². The van der Waals surface area contributed by atoms with E-state index in [0.717, 1.165) is 5.56 Å². The van der Waals surface area contributed by atoms with Crippen molar-refractivity contribution >= 4 is 11.8 Å². The van der Waals surface area contributed by atoms with E-state index in [1.165, 1.54) is 40.6 Å². The molecule has 1 unspecified atom stereocenters. The second-order valence-corrected chi connectivity index (χ2v) is 8.44. The SMILES string of the molecule is COCCOc1c(OC)c(OC)cc2c1-c1ccc(OC)c(=O)cc1C(NC(=O)CNC(=O)C(F)(F)F)CC2. The van der Waals surface area contributed by atoms with E-state index in [4.69, 9.17) is 23.7 Å². The number of benzene rings is 1. The average molecular weight is 555 g/mol. The summed E-state index contributed by atoms with van der Waals surface area (Å²) < 4.78 is 65.2. The molecular formula is C26H29F3N2O8. The third-order valence-corrected chi connectivity index (χ3v) is 6.05. The lowest BCUT2D eigenvalue weighted by molar-refractivity contribution is -0.173. The summed E-state index contributed by atoms with van der Waals surface area (Å²) in [5.74, 6) is -2.04. The molecule has 0 radical (unpaired) electrons. The van der Waals surface area contributed by atoms with Gasteiger partial charge in [-0.2, -0.15) is 13.2 Å². The van der Waals surface area contributed by atoms with Crippen LogP contribution in [0.25, 0.3) is 11.1 Å². The van der Waals surface area contributed by atoms with Crippen LogP contribution in [-0.2, 0) is 20.7 Å². The van der Waals surface area contributed by atoms with Gasteiger partial charge in [-0.05, 0) is 47.7 Å². The molecule has 3 rings (SSSR count). The topological polar surface area (TPSA) is 121 Å². The molecule has 0 spiro atoms. The molecule has 1 atom stereocenters. The lowest BCUT2D eigenvalue weighted by Gasteiger charge is -2.21. The van der Waals surface area contributed by atoms with E-state index in [1.807, 2.05) is 0 Å². The van der Waals surface area contributed by atoms with E-state index in [2.05, 4.69) is 5.32 Å². The van der Waals surface area contributed by atoms with Gasteiger partial charge in [0, 0.05) is 12.7 Å². The molecule has 2 amide bonds. The molecule has 0 aliphatic heterocycles. The largest absolute Gasteiger partial charge is 0.493 e. The first-order chi connectivity index (χ1) is 18.5. The minimum absolute atomic E-state index is 0.0365. The summed E-state index contributed by atoms with van der Waals surface area (Å²) in [5.41, 5.74) is 1.73. The number of aryl methyl sites for hydroxylation is 1. The highest BCUT2D eigenvalue weighted by molar-refractivity contribution is 5.88. The van der Waals surface area contributed by atoms with Gasteiger partial charge in [-0.15, -0.1) is 0 Å². The average Bonchev–Trinajstić information content (AvgIpc) is 3.14. The minimum Gasteiger partial charge on any atom is -0.493 e. The van der Waals surface area contributed by atoms with Gasteiger partial charge >= 0.3 is 12.1 Å². The zero-order valence-electron chi connectivity index (χ0n) is 21.8. The molecule has 13 heteroatoms. The standard InChI is InChI=1S/C26H29F3N2O8/c1-35-9-10-39-24-22-14(11-20(37-3)23(24)38-4)5-7-17(31-21(33)13-30-25(34)26(27,28)29)16-12-18(32)19(36-2)8-6-15(16)22/h6,8,11-12,17H,5,7,9-10,13H2,1-4H3,(H,30,34)(H,31,33). The molecule has 212 valence electrons. The number of methoxy groups -OCH3 is 4. The number of hydrogen-bond acceptors (Lipinski definition) is 8. The van der Waals surface area contributed by atoms with Crippen molar-refractivity contribution in [2.45, 2.75) is 25.1 Å². The van der Waals surface area contributed by atoms with Crippen LogP contribution in [0.4, 0.5) is 13.2 Å². The van der Waals surface area contributed by atoms with Crippen LogP contribution in [0.5, 0.6) is 23.0 Å². The van der Waals surface area contributed by atoms with Crippen LogP contribution in [-0.4, -0.2) is 66.2 Å². The van der Waals surface area contributed by atoms with Crippen LogP contribution >= 0.6 is 0 Å². The first kappa shape index (κ1) is 29.6. The van der Waals surface area contributed by atoms with Crippen molar-refractivity contribution in [1.82, 2.24) is 10.6 Å². The summed E-state index contributed by atoms with van der Waals surface area (Å²) >= 11 is 0. The van der Waals surface area contributed by atoms with Gasteiger partial charge in [-0.1, -0.05) is 6.07 Å². The second kappa shape index (κ2) is 12.7. The van der Waals surface area contributed by atoms with Gasteiger partial charge in [0.1, 0.15) is 6.61 Å². The second-order valence-electron chi connectivity index (χ2n) is 8.44. The van der Waals surface area contributed by atoms with Gasteiger partial charge in [-0.3, -0.25) is 14.4 Å². The quantitative estimate of drug-likeness (QED) is 0.430. The predicted molar refractivity (Wildman–Crippen MR) is 133 cm³/mol. The number of fused-ring (bicyclic) bond motifs is 3. The highest BCUT2D eigenvalue weighted by Gasteiger charge is 2.39. The molecule has 10 nitrogen and oxygen atoms in total. The summed E-state index contributed by atoms with van der Waals surface area (Å²) in [6.45, 7) is -0.474. The Kier molecular flexibility index (Phi) is 9.62. The molecule has 0 saturated heterocycles. The third kappa shape index (κ3) is 6.72. The Morgan fingerprint density at radius 2 is 1.69 bits per heavy atom. The maximum atomic E-state index is 12.9. The summed E-state index contributed by atoms with van der Waals surface area (Å²) in [6.07, 6.45) is -4.51. The lowest BCUT2D eigenvalue weighted by atomic mass is 9.95. The van der Waals surface area contributed by atoms with Crippen LogP contribution < -0.4 is 35.0 Å².